The molecule has 2 fully saturated rings. The summed E-state index contributed by atoms with van der Waals surface area (Å²) in [5.41, 5.74) is 2.44. The van der Waals surface area contributed by atoms with Crippen molar-refractivity contribution in [3.05, 3.63) is 35.4 Å². The normalized spacial score (nSPS) is 25.2. The Labute approximate surface area is 151 Å². The summed E-state index contributed by atoms with van der Waals surface area (Å²) in [5.74, 6) is -0.232. The van der Waals surface area contributed by atoms with Crippen LogP contribution in [-0.4, -0.2) is 59.6 Å². The van der Waals surface area contributed by atoms with Crippen LogP contribution >= 0.6 is 0 Å². The Morgan fingerprint density at radius 1 is 1.08 bits per heavy atom. The molecule has 3 rings (SSSR count). The molecule has 1 aliphatic heterocycles. The largest absolute Gasteiger partial charge is 0.392 e. The van der Waals surface area contributed by atoms with E-state index in [1.807, 2.05) is 0 Å². The summed E-state index contributed by atoms with van der Waals surface area (Å²) >= 11 is 0. The summed E-state index contributed by atoms with van der Waals surface area (Å²) in [6.07, 6.45) is 2.03. The number of carbonyl (C=O) groups is 1. The Balaban J connectivity index is 1.43. The van der Waals surface area contributed by atoms with E-state index in [4.69, 9.17) is 0 Å². The average molecular weight is 345 g/mol. The SMILES string of the molecule is CCN1CCN(Cc2ccc(CNC(=O)C3CCCC3O)cc2)CC1. The van der Waals surface area contributed by atoms with Crippen LogP contribution in [0.2, 0.25) is 0 Å². The Kier molecular flexibility index (Phi) is 6.45. The molecule has 0 bridgehead atoms. The average Bonchev–Trinajstić information content (AvgIpc) is 3.07. The van der Waals surface area contributed by atoms with Gasteiger partial charge in [0, 0.05) is 39.3 Å². The number of piperazine rings is 1. The van der Waals surface area contributed by atoms with Crippen molar-refractivity contribution in [3.8, 4) is 0 Å². The van der Waals surface area contributed by atoms with E-state index in [1.54, 1.807) is 0 Å². The maximum absolute atomic E-state index is 12.1. The van der Waals surface area contributed by atoms with Crippen molar-refractivity contribution in [1.29, 1.82) is 0 Å². The minimum Gasteiger partial charge on any atom is -0.392 e. The van der Waals surface area contributed by atoms with Crippen molar-refractivity contribution in [1.82, 2.24) is 15.1 Å². The molecule has 1 aromatic rings. The number of likely N-dealkylation sites (N-methyl/N-ethyl adjacent to an activating group) is 1. The molecule has 1 saturated heterocycles. The van der Waals surface area contributed by atoms with Crippen LogP contribution in [0.4, 0.5) is 0 Å². The van der Waals surface area contributed by atoms with Gasteiger partial charge in [0.25, 0.3) is 0 Å². The molecule has 1 saturated carbocycles. The third-order valence-corrected chi connectivity index (χ3v) is 5.62. The highest BCUT2D eigenvalue weighted by atomic mass is 16.3. The number of amides is 1. The lowest BCUT2D eigenvalue weighted by atomic mass is 10.0. The lowest BCUT2D eigenvalue weighted by Gasteiger charge is -2.34. The summed E-state index contributed by atoms with van der Waals surface area (Å²) in [7, 11) is 0. The van der Waals surface area contributed by atoms with Gasteiger partial charge < -0.3 is 15.3 Å². The molecule has 5 nitrogen and oxygen atoms in total. The zero-order chi connectivity index (χ0) is 17.6. The first kappa shape index (κ1) is 18.4. The number of hydrogen-bond donors (Lipinski definition) is 2. The number of benzene rings is 1. The van der Waals surface area contributed by atoms with Gasteiger partial charge in [0.1, 0.15) is 0 Å². The van der Waals surface area contributed by atoms with E-state index in [-0.39, 0.29) is 11.8 Å². The Bertz CT molecular complexity index is 553. The van der Waals surface area contributed by atoms with Crippen LogP contribution in [0.3, 0.4) is 0 Å². The standard InChI is InChI=1S/C20H31N3O2/c1-2-22-10-12-23(13-11-22)15-17-8-6-16(7-9-17)14-21-20(25)18-4-3-5-19(18)24/h6-9,18-19,24H,2-5,10-15H2,1H3,(H,21,25). The van der Waals surface area contributed by atoms with Crippen molar-refractivity contribution in [2.45, 2.75) is 45.4 Å². The van der Waals surface area contributed by atoms with Crippen molar-refractivity contribution in [3.63, 3.8) is 0 Å². The van der Waals surface area contributed by atoms with Crippen LogP contribution in [0.15, 0.2) is 24.3 Å². The Morgan fingerprint density at radius 2 is 1.72 bits per heavy atom. The zero-order valence-electron chi connectivity index (χ0n) is 15.3. The van der Waals surface area contributed by atoms with Crippen molar-refractivity contribution < 1.29 is 9.90 Å². The summed E-state index contributed by atoms with van der Waals surface area (Å²) < 4.78 is 0. The van der Waals surface area contributed by atoms with Crippen molar-refractivity contribution in [2.75, 3.05) is 32.7 Å². The third kappa shape index (κ3) is 5.03. The minimum absolute atomic E-state index is 0.0112. The molecule has 2 atom stereocenters. The number of aliphatic hydroxyl groups excluding tert-OH is 1. The van der Waals surface area contributed by atoms with Crippen LogP contribution in [0, 0.1) is 5.92 Å². The van der Waals surface area contributed by atoms with Gasteiger partial charge in [-0.2, -0.15) is 0 Å². The second kappa shape index (κ2) is 8.79. The van der Waals surface area contributed by atoms with Gasteiger partial charge in [-0.1, -0.05) is 31.2 Å². The predicted octanol–water partition coefficient (Wildman–Crippen LogP) is 1.60. The molecule has 2 aliphatic rings. The maximum atomic E-state index is 12.1. The monoisotopic (exact) mass is 345 g/mol. The van der Waals surface area contributed by atoms with Gasteiger partial charge in [-0.3, -0.25) is 9.69 Å². The number of nitrogens with zero attached hydrogens (tertiary/aromatic N) is 2. The molecule has 25 heavy (non-hydrogen) atoms. The number of nitrogens with one attached hydrogen (secondary N) is 1. The lowest BCUT2D eigenvalue weighted by molar-refractivity contribution is -0.127. The smallest absolute Gasteiger partial charge is 0.225 e. The summed E-state index contributed by atoms with van der Waals surface area (Å²) in [6, 6.07) is 8.53. The van der Waals surface area contributed by atoms with Crippen LogP contribution in [0.5, 0.6) is 0 Å². The van der Waals surface area contributed by atoms with Gasteiger partial charge in [0.2, 0.25) is 5.91 Å². The number of hydrogen-bond acceptors (Lipinski definition) is 4. The second-order valence-electron chi connectivity index (χ2n) is 7.35. The van der Waals surface area contributed by atoms with E-state index in [9.17, 15) is 9.90 Å². The molecule has 5 heteroatoms. The van der Waals surface area contributed by atoms with E-state index in [1.165, 1.54) is 5.56 Å². The fraction of sp³-hybridized carbons (Fsp3) is 0.650. The van der Waals surface area contributed by atoms with Crippen LogP contribution in [0.1, 0.15) is 37.3 Å². The van der Waals surface area contributed by atoms with E-state index >= 15 is 0 Å². The molecule has 2 N–H and O–H groups in total. The van der Waals surface area contributed by atoms with Crippen molar-refractivity contribution >= 4 is 5.91 Å². The van der Waals surface area contributed by atoms with Gasteiger partial charge in [-0.05, 0) is 36.9 Å². The topological polar surface area (TPSA) is 55.8 Å². The first-order valence-electron chi connectivity index (χ1n) is 9.64. The van der Waals surface area contributed by atoms with E-state index in [0.29, 0.717) is 6.54 Å². The summed E-state index contributed by atoms with van der Waals surface area (Å²) in [4.78, 5) is 17.1. The number of aliphatic hydroxyl groups is 1. The van der Waals surface area contributed by atoms with E-state index in [0.717, 1.165) is 64.1 Å². The Morgan fingerprint density at radius 3 is 2.32 bits per heavy atom. The molecule has 1 heterocycles. The summed E-state index contributed by atoms with van der Waals surface area (Å²) in [5, 5.41) is 12.8. The Hall–Kier alpha value is -1.43. The highest BCUT2D eigenvalue weighted by Crippen LogP contribution is 2.25. The lowest BCUT2D eigenvalue weighted by Crippen LogP contribution is -2.45. The maximum Gasteiger partial charge on any atom is 0.225 e. The van der Waals surface area contributed by atoms with Crippen LogP contribution < -0.4 is 5.32 Å². The fourth-order valence-corrected chi connectivity index (χ4v) is 3.85. The molecule has 1 amide bonds. The molecular formula is C20H31N3O2. The molecule has 0 radical (unpaired) electrons. The van der Waals surface area contributed by atoms with Crippen molar-refractivity contribution in [2.24, 2.45) is 5.92 Å². The predicted molar refractivity (Wildman–Crippen MR) is 99.0 cm³/mol. The number of rotatable bonds is 6. The molecule has 1 aliphatic carbocycles. The quantitative estimate of drug-likeness (QED) is 0.822. The first-order chi connectivity index (χ1) is 12.2. The minimum atomic E-state index is -0.462. The number of carbonyl (C=O) groups excluding carboxylic acids is 1. The molecule has 0 spiro atoms. The molecule has 0 aromatic heterocycles. The van der Waals surface area contributed by atoms with Crippen LogP contribution in [0.25, 0.3) is 0 Å². The van der Waals surface area contributed by atoms with E-state index in [2.05, 4.69) is 46.3 Å². The van der Waals surface area contributed by atoms with Gasteiger partial charge in [0.15, 0.2) is 0 Å². The molecule has 1 aromatic carbocycles. The van der Waals surface area contributed by atoms with Gasteiger partial charge in [-0.25, -0.2) is 0 Å². The van der Waals surface area contributed by atoms with Gasteiger partial charge >= 0.3 is 0 Å². The molecule has 2 unspecified atom stereocenters. The molecular weight excluding hydrogens is 314 g/mol. The van der Waals surface area contributed by atoms with Gasteiger partial charge in [0.05, 0.1) is 12.0 Å². The fourth-order valence-electron chi connectivity index (χ4n) is 3.85. The van der Waals surface area contributed by atoms with Crippen LogP contribution in [-0.2, 0) is 17.9 Å². The second-order valence-corrected chi connectivity index (χ2v) is 7.35. The molecule has 138 valence electrons. The first-order valence-corrected chi connectivity index (χ1v) is 9.64. The third-order valence-electron chi connectivity index (χ3n) is 5.62. The van der Waals surface area contributed by atoms with E-state index < -0.39 is 6.10 Å². The van der Waals surface area contributed by atoms with Gasteiger partial charge in [-0.15, -0.1) is 0 Å². The highest BCUT2D eigenvalue weighted by molar-refractivity contribution is 5.79. The zero-order valence-corrected chi connectivity index (χ0v) is 15.3. The summed E-state index contributed by atoms with van der Waals surface area (Å²) in [6.45, 7) is 9.49. The highest BCUT2D eigenvalue weighted by Gasteiger charge is 2.31.